The van der Waals surface area contributed by atoms with Crippen LogP contribution in [-0.4, -0.2) is 18.5 Å². The lowest BCUT2D eigenvalue weighted by Crippen LogP contribution is -2.17. The van der Waals surface area contributed by atoms with Gasteiger partial charge in [0.25, 0.3) is 0 Å². The molecular weight excluding hydrogens is 294 g/mol. The maximum Gasteiger partial charge on any atom is 0.349 e. The summed E-state index contributed by atoms with van der Waals surface area (Å²) >= 11 is 5.74. The quantitative estimate of drug-likeness (QED) is 0.679. The summed E-state index contributed by atoms with van der Waals surface area (Å²) in [7, 11) is 0. The van der Waals surface area contributed by atoms with Crippen molar-refractivity contribution >= 4 is 23.5 Å². The second kappa shape index (κ2) is 6.76. The highest BCUT2D eigenvalue weighted by atomic mass is 35.5. The van der Waals surface area contributed by atoms with Crippen molar-refractivity contribution in [3.8, 4) is 11.5 Å². The summed E-state index contributed by atoms with van der Waals surface area (Å²) in [5.41, 5.74) is 5.45. The monoisotopic (exact) mass is 305 g/mol. The highest BCUT2D eigenvalue weighted by Gasteiger charge is 2.07. The molecule has 21 heavy (non-hydrogen) atoms. The van der Waals surface area contributed by atoms with Crippen molar-refractivity contribution < 1.29 is 19.1 Å². The predicted molar refractivity (Wildman–Crippen MR) is 77.5 cm³/mol. The standard InChI is InChI=1S/C15H12ClNO4/c16-11-3-7-12(8-4-11)20-9-14(18)21-13-5-1-10(2-6-13)15(17)19/h1-8H,9H2,(H2,17,19). The van der Waals surface area contributed by atoms with Gasteiger partial charge in [0.05, 0.1) is 0 Å². The van der Waals surface area contributed by atoms with Gasteiger partial charge in [0.2, 0.25) is 5.91 Å². The number of rotatable bonds is 5. The largest absolute Gasteiger partial charge is 0.482 e. The molecule has 0 bridgehead atoms. The van der Waals surface area contributed by atoms with Gasteiger partial charge in [-0.2, -0.15) is 0 Å². The average Bonchev–Trinajstić information content (AvgIpc) is 2.47. The molecule has 2 rings (SSSR count). The number of benzene rings is 2. The first-order chi connectivity index (χ1) is 10.0. The Morgan fingerprint density at radius 2 is 1.52 bits per heavy atom. The van der Waals surface area contributed by atoms with Crippen LogP contribution < -0.4 is 15.2 Å². The topological polar surface area (TPSA) is 78.6 Å². The van der Waals surface area contributed by atoms with Gasteiger partial charge in [0.1, 0.15) is 11.5 Å². The van der Waals surface area contributed by atoms with E-state index in [4.69, 9.17) is 26.8 Å². The van der Waals surface area contributed by atoms with Crippen LogP contribution in [0.1, 0.15) is 10.4 Å². The molecule has 0 fully saturated rings. The number of primary amides is 1. The number of amides is 1. The van der Waals surface area contributed by atoms with Crippen molar-refractivity contribution in [1.29, 1.82) is 0 Å². The highest BCUT2D eigenvalue weighted by molar-refractivity contribution is 6.30. The molecule has 0 saturated carbocycles. The number of nitrogens with two attached hydrogens (primary N) is 1. The fourth-order valence-corrected chi connectivity index (χ4v) is 1.65. The van der Waals surface area contributed by atoms with Crippen molar-refractivity contribution in [1.82, 2.24) is 0 Å². The molecule has 2 N–H and O–H groups in total. The van der Waals surface area contributed by atoms with E-state index >= 15 is 0 Å². The minimum atomic E-state index is -0.559. The number of halogens is 1. The molecule has 0 atom stereocenters. The highest BCUT2D eigenvalue weighted by Crippen LogP contribution is 2.16. The van der Waals surface area contributed by atoms with E-state index in [1.54, 1.807) is 24.3 Å². The van der Waals surface area contributed by atoms with Crippen molar-refractivity contribution in [2.75, 3.05) is 6.61 Å². The molecule has 5 nitrogen and oxygen atoms in total. The molecule has 0 aliphatic heterocycles. The van der Waals surface area contributed by atoms with Crippen LogP contribution in [0.4, 0.5) is 0 Å². The lowest BCUT2D eigenvalue weighted by Gasteiger charge is -2.07. The minimum absolute atomic E-state index is 0.237. The predicted octanol–water partition coefficient (Wildman–Crippen LogP) is 2.42. The second-order valence-corrected chi connectivity index (χ2v) is 4.54. The lowest BCUT2D eigenvalue weighted by molar-refractivity contribution is -0.136. The van der Waals surface area contributed by atoms with E-state index < -0.39 is 11.9 Å². The Labute approximate surface area is 126 Å². The van der Waals surface area contributed by atoms with E-state index in [9.17, 15) is 9.59 Å². The van der Waals surface area contributed by atoms with E-state index in [1.165, 1.54) is 24.3 Å². The zero-order chi connectivity index (χ0) is 15.2. The molecule has 1 amide bonds. The van der Waals surface area contributed by atoms with Crippen LogP contribution in [0.25, 0.3) is 0 Å². The Hall–Kier alpha value is -2.53. The lowest BCUT2D eigenvalue weighted by atomic mass is 10.2. The van der Waals surface area contributed by atoms with Crippen LogP contribution in [0.15, 0.2) is 48.5 Å². The third-order valence-electron chi connectivity index (χ3n) is 2.54. The summed E-state index contributed by atoms with van der Waals surface area (Å²) < 4.78 is 10.3. The molecule has 2 aromatic carbocycles. The number of carbonyl (C=O) groups is 2. The van der Waals surface area contributed by atoms with Crippen LogP contribution in [0.3, 0.4) is 0 Å². The molecule has 0 spiro atoms. The number of hydrogen-bond acceptors (Lipinski definition) is 4. The number of hydrogen-bond donors (Lipinski definition) is 1. The maximum absolute atomic E-state index is 11.6. The molecule has 6 heteroatoms. The molecule has 0 saturated heterocycles. The fourth-order valence-electron chi connectivity index (χ4n) is 1.52. The summed E-state index contributed by atoms with van der Waals surface area (Å²) in [6.45, 7) is -0.237. The Morgan fingerprint density at radius 3 is 2.10 bits per heavy atom. The van der Waals surface area contributed by atoms with E-state index in [0.717, 1.165) is 0 Å². The van der Waals surface area contributed by atoms with Gasteiger partial charge < -0.3 is 15.2 Å². The van der Waals surface area contributed by atoms with E-state index in [1.807, 2.05) is 0 Å². The molecule has 0 aliphatic rings. The van der Waals surface area contributed by atoms with Gasteiger partial charge in [-0.3, -0.25) is 4.79 Å². The summed E-state index contributed by atoms with van der Waals surface area (Å²) in [6.07, 6.45) is 0. The maximum atomic E-state index is 11.6. The second-order valence-electron chi connectivity index (χ2n) is 4.11. The molecule has 0 aliphatic carbocycles. The molecule has 2 aromatic rings. The minimum Gasteiger partial charge on any atom is -0.482 e. The Kier molecular flexibility index (Phi) is 4.79. The Morgan fingerprint density at radius 1 is 0.952 bits per heavy atom. The zero-order valence-corrected chi connectivity index (χ0v) is 11.7. The van der Waals surface area contributed by atoms with Gasteiger partial charge in [-0.05, 0) is 48.5 Å². The van der Waals surface area contributed by atoms with Crippen LogP contribution in [-0.2, 0) is 4.79 Å². The van der Waals surface area contributed by atoms with Gasteiger partial charge in [0.15, 0.2) is 6.61 Å². The zero-order valence-electron chi connectivity index (χ0n) is 10.9. The van der Waals surface area contributed by atoms with Crippen LogP contribution in [0.5, 0.6) is 11.5 Å². The Bertz CT molecular complexity index is 638. The molecule has 108 valence electrons. The third-order valence-corrected chi connectivity index (χ3v) is 2.79. The van der Waals surface area contributed by atoms with Gasteiger partial charge >= 0.3 is 5.97 Å². The molecular formula is C15H12ClNO4. The van der Waals surface area contributed by atoms with Crippen molar-refractivity contribution in [2.24, 2.45) is 5.73 Å². The average molecular weight is 306 g/mol. The summed E-state index contributed by atoms with van der Waals surface area (Å²) in [5, 5.41) is 0.583. The molecule has 0 aromatic heterocycles. The van der Waals surface area contributed by atoms with Gasteiger partial charge in [0, 0.05) is 10.6 Å². The third kappa shape index (κ3) is 4.50. The number of esters is 1. The summed E-state index contributed by atoms with van der Waals surface area (Å²) in [5.74, 6) is -0.277. The normalized spacial score (nSPS) is 9.95. The van der Waals surface area contributed by atoms with Crippen LogP contribution in [0.2, 0.25) is 5.02 Å². The van der Waals surface area contributed by atoms with Crippen molar-refractivity contribution in [2.45, 2.75) is 0 Å². The summed E-state index contributed by atoms with van der Waals surface area (Å²) in [4.78, 5) is 22.5. The van der Waals surface area contributed by atoms with E-state index in [-0.39, 0.29) is 6.61 Å². The first-order valence-electron chi connectivity index (χ1n) is 6.03. The fraction of sp³-hybridized carbons (Fsp3) is 0.0667. The molecule has 0 heterocycles. The van der Waals surface area contributed by atoms with Gasteiger partial charge in [-0.1, -0.05) is 11.6 Å². The van der Waals surface area contributed by atoms with Gasteiger partial charge in [-0.15, -0.1) is 0 Å². The number of ether oxygens (including phenoxy) is 2. The van der Waals surface area contributed by atoms with Gasteiger partial charge in [-0.25, -0.2) is 4.79 Å². The van der Waals surface area contributed by atoms with Crippen LogP contribution >= 0.6 is 11.6 Å². The summed E-state index contributed by atoms with van der Waals surface area (Å²) in [6, 6.07) is 12.5. The Balaban J connectivity index is 1.86. The molecule has 0 unspecified atom stereocenters. The first kappa shape index (κ1) is 14.9. The van der Waals surface area contributed by atoms with Crippen molar-refractivity contribution in [3.05, 3.63) is 59.1 Å². The smallest absolute Gasteiger partial charge is 0.349 e. The van der Waals surface area contributed by atoms with E-state index in [2.05, 4.69) is 0 Å². The first-order valence-corrected chi connectivity index (χ1v) is 6.41. The number of carbonyl (C=O) groups excluding carboxylic acids is 2. The van der Waals surface area contributed by atoms with Crippen molar-refractivity contribution in [3.63, 3.8) is 0 Å². The molecule has 0 radical (unpaired) electrons. The SMILES string of the molecule is NC(=O)c1ccc(OC(=O)COc2ccc(Cl)cc2)cc1. The van der Waals surface area contributed by atoms with E-state index in [0.29, 0.717) is 22.1 Å². The van der Waals surface area contributed by atoms with Crippen LogP contribution in [0, 0.1) is 0 Å².